The van der Waals surface area contributed by atoms with Gasteiger partial charge in [-0.15, -0.1) is 0 Å². The second-order valence-electron chi connectivity index (χ2n) is 3.42. The van der Waals surface area contributed by atoms with Crippen LogP contribution in [0.3, 0.4) is 0 Å². The number of hydrogen-bond donors (Lipinski definition) is 1. The third kappa shape index (κ3) is 2.88. The molecule has 0 aliphatic rings. The second kappa shape index (κ2) is 5.07. The van der Waals surface area contributed by atoms with Crippen LogP contribution in [0, 0.1) is 0 Å². The van der Waals surface area contributed by atoms with E-state index in [0.29, 0.717) is 12.1 Å². The predicted molar refractivity (Wildman–Crippen MR) is 54.6 cm³/mol. The molecule has 0 spiro atoms. The Labute approximate surface area is 80.3 Å². The highest BCUT2D eigenvalue weighted by Gasteiger charge is 2.11. The van der Waals surface area contributed by atoms with Gasteiger partial charge in [-0.2, -0.15) is 0 Å². The van der Waals surface area contributed by atoms with Gasteiger partial charge in [-0.05, 0) is 31.9 Å². The fourth-order valence-corrected chi connectivity index (χ4v) is 1.50. The molecule has 0 aliphatic carbocycles. The zero-order valence-corrected chi connectivity index (χ0v) is 8.71. The summed E-state index contributed by atoms with van der Waals surface area (Å²) < 4.78 is 5.32. The summed E-state index contributed by atoms with van der Waals surface area (Å²) >= 11 is 0. The predicted octanol–water partition coefficient (Wildman–Crippen LogP) is 3.12. The molecular weight excluding hydrogens is 162 g/mol. The molecule has 13 heavy (non-hydrogen) atoms. The summed E-state index contributed by atoms with van der Waals surface area (Å²) in [7, 11) is 0. The summed E-state index contributed by atoms with van der Waals surface area (Å²) in [6.45, 7) is 6.54. The van der Waals surface area contributed by atoms with E-state index in [-0.39, 0.29) is 0 Å². The van der Waals surface area contributed by atoms with Gasteiger partial charge in [0, 0.05) is 6.04 Å². The molecule has 0 fully saturated rings. The SMILES string of the molecule is CCC(CC)N[C@H](C)c1ccco1. The van der Waals surface area contributed by atoms with E-state index >= 15 is 0 Å². The van der Waals surface area contributed by atoms with Crippen molar-refractivity contribution in [3.63, 3.8) is 0 Å². The van der Waals surface area contributed by atoms with Crippen molar-refractivity contribution in [2.75, 3.05) is 0 Å². The van der Waals surface area contributed by atoms with Gasteiger partial charge in [-0.1, -0.05) is 13.8 Å². The first-order valence-corrected chi connectivity index (χ1v) is 5.07. The Morgan fingerprint density at radius 2 is 2.08 bits per heavy atom. The molecule has 2 nitrogen and oxygen atoms in total. The minimum absolute atomic E-state index is 0.319. The Hall–Kier alpha value is -0.760. The van der Waals surface area contributed by atoms with Gasteiger partial charge >= 0.3 is 0 Å². The molecule has 1 aromatic rings. The van der Waals surface area contributed by atoms with Crippen LogP contribution in [0.25, 0.3) is 0 Å². The van der Waals surface area contributed by atoms with Gasteiger partial charge in [0.15, 0.2) is 0 Å². The molecule has 0 radical (unpaired) electrons. The lowest BCUT2D eigenvalue weighted by Gasteiger charge is -2.19. The standard InChI is InChI=1S/C11H19NO/c1-4-10(5-2)12-9(3)11-7-6-8-13-11/h6-10,12H,4-5H2,1-3H3/t9-/m1/s1. The number of nitrogens with one attached hydrogen (secondary N) is 1. The molecule has 1 aromatic heterocycles. The summed E-state index contributed by atoms with van der Waals surface area (Å²) in [5.74, 6) is 1.02. The Morgan fingerprint density at radius 3 is 2.54 bits per heavy atom. The molecule has 1 atom stereocenters. The van der Waals surface area contributed by atoms with Crippen LogP contribution in [0.5, 0.6) is 0 Å². The Kier molecular flexibility index (Phi) is 4.03. The van der Waals surface area contributed by atoms with Crippen LogP contribution in [0.2, 0.25) is 0 Å². The molecule has 1 heterocycles. The maximum absolute atomic E-state index is 5.32. The molecule has 2 heteroatoms. The Balaban J connectivity index is 2.45. The van der Waals surface area contributed by atoms with Crippen LogP contribution in [0.4, 0.5) is 0 Å². The van der Waals surface area contributed by atoms with Crippen LogP contribution < -0.4 is 5.32 Å². The first-order chi connectivity index (χ1) is 6.27. The fraction of sp³-hybridized carbons (Fsp3) is 0.636. The van der Waals surface area contributed by atoms with Crippen molar-refractivity contribution >= 4 is 0 Å². The van der Waals surface area contributed by atoms with Crippen molar-refractivity contribution in [1.29, 1.82) is 0 Å². The molecule has 0 saturated heterocycles. The smallest absolute Gasteiger partial charge is 0.120 e. The van der Waals surface area contributed by atoms with Gasteiger partial charge in [-0.3, -0.25) is 0 Å². The average Bonchev–Trinajstić information content (AvgIpc) is 2.66. The molecular formula is C11H19NO. The highest BCUT2D eigenvalue weighted by atomic mass is 16.3. The number of rotatable bonds is 5. The normalized spacial score (nSPS) is 13.5. The van der Waals surface area contributed by atoms with Crippen molar-refractivity contribution in [1.82, 2.24) is 5.32 Å². The lowest BCUT2D eigenvalue weighted by Crippen LogP contribution is -2.30. The van der Waals surface area contributed by atoms with E-state index in [4.69, 9.17) is 4.42 Å². The minimum atomic E-state index is 0.319. The van der Waals surface area contributed by atoms with E-state index in [2.05, 4.69) is 26.1 Å². The summed E-state index contributed by atoms with van der Waals surface area (Å²) in [5, 5.41) is 3.52. The monoisotopic (exact) mass is 181 g/mol. The zero-order valence-electron chi connectivity index (χ0n) is 8.71. The van der Waals surface area contributed by atoms with Crippen LogP contribution in [0.1, 0.15) is 45.4 Å². The molecule has 1 rings (SSSR count). The van der Waals surface area contributed by atoms with Gasteiger partial charge in [0.25, 0.3) is 0 Å². The highest BCUT2D eigenvalue weighted by molar-refractivity contribution is 5.03. The highest BCUT2D eigenvalue weighted by Crippen LogP contribution is 2.14. The van der Waals surface area contributed by atoms with E-state index in [0.717, 1.165) is 5.76 Å². The third-order valence-electron chi connectivity index (χ3n) is 2.44. The molecule has 0 aliphatic heterocycles. The minimum Gasteiger partial charge on any atom is -0.468 e. The van der Waals surface area contributed by atoms with E-state index in [9.17, 15) is 0 Å². The van der Waals surface area contributed by atoms with Gasteiger partial charge in [0.2, 0.25) is 0 Å². The van der Waals surface area contributed by atoms with Crippen LogP contribution in [0.15, 0.2) is 22.8 Å². The lowest BCUT2D eigenvalue weighted by atomic mass is 10.1. The van der Waals surface area contributed by atoms with E-state index < -0.39 is 0 Å². The molecule has 0 amide bonds. The Morgan fingerprint density at radius 1 is 1.38 bits per heavy atom. The van der Waals surface area contributed by atoms with Crippen LogP contribution >= 0.6 is 0 Å². The fourth-order valence-electron chi connectivity index (χ4n) is 1.50. The topological polar surface area (TPSA) is 25.2 Å². The quantitative estimate of drug-likeness (QED) is 0.755. The Bertz CT molecular complexity index is 214. The first-order valence-electron chi connectivity index (χ1n) is 5.07. The van der Waals surface area contributed by atoms with E-state index in [1.165, 1.54) is 12.8 Å². The van der Waals surface area contributed by atoms with Gasteiger partial charge in [-0.25, -0.2) is 0 Å². The summed E-state index contributed by atoms with van der Waals surface area (Å²) in [6.07, 6.45) is 4.06. The maximum atomic E-state index is 5.32. The van der Waals surface area contributed by atoms with E-state index in [1.807, 2.05) is 12.1 Å². The summed E-state index contributed by atoms with van der Waals surface area (Å²) in [6, 6.07) is 4.86. The van der Waals surface area contributed by atoms with Crippen LogP contribution in [-0.4, -0.2) is 6.04 Å². The maximum Gasteiger partial charge on any atom is 0.120 e. The van der Waals surface area contributed by atoms with Crippen molar-refractivity contribution in [2.24, 2.45) is 0 Å². The van der Waals surface area contributed by atoms with Crippen LogP contribution in [-0.2, 0) is 0 Å². The van der Waals surface area contributed by atoms with Gasteiger partial charge in [0.1, 0.15) is 5.76 Å². The third-order valence-corrected chi connectivity index (χ3v) is 2.44. The van der Waals surface area contributed by atoms with Crippen molar-refractivity contribution in [3.8, 4) is 0 Å². The molecule has 0 bridgehead atoms. The largest absolute Gasteiger partial charge is 0.468 e. The average molecular weight is 181 g/mol. The number of furan rings is 1. The molecule has 0 aromatic carbocycles. The molecule has 74 valence electrons. The van der Waals surface area contributed by atoms with Crippen molar-refractivity contribution < 1.29 is 4.42 Å². The second-order valence-corrected chi connectivity index (χ2v) is 3.42. The van der Waals surface area contributed by atoms with Crippen molar-refractivity contribution in [3.05, 3.63) is 24.2 Å². The summed E-state index contributed by atoms with van der Waals surface area (Å²) in [5.41, 5.74) is 0. The summed E-state index contributed by atoms with van der Waals surface area (Å²) in [4.78, 5) is 0. The van der Waals surface area contributed by atoms with Crippen molar-refractivity contribution in [2.45, 2.75) is 45.7 Å². The lowest BCUT2D eigenvalue weighted by molar-refractivity contribution is 0.376. The van der Waals surface area contributed by atoms with E-state index in [1.54, 1.807) is 6.26 Å². The van der Waals surface area contributed by atoms with Gasteiger partial charge < -0.3 is 9.73 Å². The molecule has 0 unspecified atom stereocenters. The van der Waals surface area contributed by atoms with Gasteiger partial charge in [0.05, 0.1) is 12.3 Å². The molecule has 0 saturated carbocycles. The zero-order chi connectivity index (χ0) is 9.68. The molecule has 1 N–H and O–H groups in total. The first kappa shape index (κ1) is 10.3. The number of hydrogen-bond acceptors (Lipinski definition) is 2.